The van der Waals surface area contributed by atoms with Crippen LogP contribution in [0.2, 0.25) is 0 Å². The Morgan fingerprint density at radius 1 is 1.24 bits per heavy atom. The van der Waals surface area contributed by atoms with Crippen LogP contribution < -0.4 is 5.59 Å². The highest BCUT2D eigenvalue weighted by Crippen LogP contribution is 2.30. The van der Waals surface area contributed by atoms with Gasteiger partial charge in [0.05, 0.1) is 32.9 Å². The summed E-state index contributed by atoms with van der Waals surface area (Å²) in [6.07, 6.45) is 8.13. The Morgan fingerprint density at radius 3 is 2.60 bits per heavy atom. The molecule has 0 aromatic heterocycles. The van der Waals surface area contributed by atoms with Crippen LogP contribution in [0.4, 0.5) is 4.79 Å². The molecule has 0 aromatic carbocycles. The molecule has 0 spiro atoms. The van der Waals surface area contributed by atoms with Crippen LogP contribution in [0.25, 0.3) is 0 Å². The van der Waals surface area contributed by atoms with Crippen LogP contribution in [-0.4, -0.2) is 67.2 Å². The topological polar surface area (TPSA) is 72.4 Å². The molecule has 1 atom stereocenters. The Labute approximate surface area is 149 Å². The van der Waals surface area contributed by atoms with Gasteiger partial charge in [0.1, 0.15) is 6.04 Å². The van der Waals surface area contributed by atoms with Gasteiger partial charge in [-0.15, -0.1) is 14.7 Å². The van der Waals surface area contributed by atoms with Crippen molar-refractivity contribution in [2.24, 2.45) is 4.99 Å². The predicted molar refractivity (Wildman–Crippen MR) is 92.3 cm³/mol. The SMILES string of the molecule is CCOC(=O)N=C1C[N+](C2CCCCCCC2)(N2CCOCC2)NO1. The lowest BCUT2D eigenvalue weighted by Gasteiger charge is -2.45. The number of aliphatic imine (C=N–C) groups is 1. The molecule has 2 heterocycles. The molecule has 3 fully saturated rings. The molecule has 1 N–H and O–H groups in total. The molecule has 1 unspecified atom stereocenters. The average molecular weight is 355 g/mol. The van der Waals surface area contributed by atoms with Crippen molar-refractivity contribution in [3.8, 4) is 0 Å². The van der Waals surface area contributed by atoms with E-state index < -0.39 is 6.09 Å². The van der Waals surface area contributed by atoms with E-state index in [0.29, 0.717) is 29.8 Å². The van der Waals surface area contributed by atoms with Gasteiger partial charge in [-0.2, -0.15) is 0 Å². The van der Waals surface area contributed by atoms with Crippen molar-refractivity contribution in [2.75, 3.05) is 39.5 Å². The van der Waals surface area contributed by atoms with Gasteiger partial charge in [0.2, 0.25) is 0 Å². The standard InChI is InChI=1S/C17H31N4O4/c1-2-24-17(22)18-16-14-21(19-25-16,20-10-12-23-13-11-20)15-8-6-4-3-5-7-9-15/h15,19H,2-14H2,1H3/q+1. The van der Waals surface area contributed by atoms with Crippen molar-refractivity contribution >= 4 is 12.0 Å². The Hall–Kier alpha value is -1.22. The lowest BCUT2D eigenvalue weighted by molar-refractivity contribution is -1.09. The zero-order chi connectivity index (χ0) is 17.5. The van der Waals surface area contributed by atoms with Crippen LogP contribution in [0.15, 0.2) is 4.99 Å². The van der Waals surface area contributed by atoms with E-state index in [1.54, 1.807) is 6.92 Å². The summed E-state index contributed by atoms with van der Waals surface area (Å²) in [6, 6.07) is 0.424. The molecular weight excluding hydrogens is 324 g/mol. The summed E-state index contributed by atoms with van der Waals surface area (Å²) in [6.45, 7) is 5.77. The molecular formula is C17H31N4O4+. The third kappa shape index (κ3) is 4.49. The number of nitrogens with zero attached hydrogens (tertiary/aromatic N) is 3. The largest absolute Gasteiger partial charge is 0.448 e. The Balaban J connectivity index is 1.78. The highest BCUT2D eigenvalue weighted by atomic mass is 16.7. The quantitative estimate of drug-likeness (QED) is 0.782. The maximum atomic E-state index is 11.7. The minimum absolute atomic E-state index is 0.315. The zero-order valence-corrected chi connectivity index (χ0v) is 15.2. The minimum atomic E-state index is -0.584. The van der Waals surface area contributed by atoms with Crippen LogP contribution in [0.1, 0.15) is 51.9 Å². The molecule has 0 bridgehead atoms. The van der Waals surface area contributed by atoms with Crippen LogP contribution >= 0.6 is 0 Å². The third-order valence-corrected chi connectivity index (χ3v) is 5.35. The second-order valence-electron chi connectivity index (χ2n) is 6.95. The molecule has 3 rings (SSSR count). The maximum Gasteiger partial charge on any atom is 0.436 e. The van der Waals surface area contributed by atoms with Gasteiger partial charge >= 0.3 is 6.09 Å². The van der Waals surface area contributed by atoms with Crippen molar-refractivity contribution in [1.29, 1.82) is 0 Å². The van der Waals surface area contributed by atoms with Crippen LogP contribution in [-0.2, 0) is 14.3 Å². The Bertz CT molecular complexity index is 473. The van der Waals surface area contributed by atoms with Crippen molar-refractivity contribution in [3.05, 3.63) is 0 Å². The van der Waals surface area contributed by atoms with E-state index in [1.807, 2.05) is 0 Å². The fourth-order valence-corrected chi connectivity index (χ4v) is 4.08. The molecule has 2 aliphatic heterocycles. The molecule has 2 saturated heterocycles. The molecule has 3 aliphatic rings. The number of morpholine rings is 1. The lowest BCUT2D eigenvalue weighted by Crippen LogP contribution is -2.71. The molecule has 8 nitrogen and oxygen atoms in total. The first kappa shape index (κ1) is 18.6. The normalized spacial score (nSPS) is 31.3. The number of carbonyl (C=O) groups excluding carboxylic acids is 1. The molecule has 8 heteroatoms. The Morgan fingerprint density at radius 2 is 1.92 bits per heavy atom. The highest BCUT2D eigenvalue weighted by molar-refractivity contribution is 5.88. The summed E-state index contributed by atoms with van der Waals surface area (Å²) in [5, 5.41) is 2.38. The van der Waals surface area contributed by atoms with Crippen molar-refractivity contribution in [2.45, 2.75) is 57.9 Å². The van der Waals surface area contributed by atoms with E-state index >= 15 is 0 Å². The highest BCUT2D eigenvalue weighted by Gasteiger charge is 2.51. The predicted octanol–water partition coefficient (Wildman–Crippen LogP) is 2.17. The van der Waals surface area contributed by atoms with E-state index in [2.05, 4.69) is 15.6 Å². The number of hydrogen-bond acceptors (Lipinski definition) is 6. The fourth-order valence-electron chi connectivity index (χ4n) is 4.08. The molecule has 1 amide bonds. The Kier molecular flexibility index (Phi) is 6.63. The van der Waals surface area contributed by atoms with E-state index in [-0.39, 0.29) is 0 Å². The second-order valence-corrected chi connectivity index (χ2v) is 6.95. The molecule has 1 saturated carbocycles. The van der Waals surface area contributed by atoms with Crippen molar-refractivity contribution in [3.63, 3.8) is 0 Å². The number of carbonyl (C=O) groups is 1. The van der Waals surface area contributed by atoms with Gasteiger partial charge in [-0.05, 0) is 19.8 Å². The van der Waals surface area contributed by atoms with Crippen molar-refractivity contribution in [1.82, 2.24) is 10.6 Å². The van der Waals surface area contributed by atoms with Gasteiger partial charge in [-0.3, -0.25) is 0 Å². The van der Waals surface area contributed by atoms with Crippen molar-refractivity contribution < 1.29 is 23.8 Å². The average Bonchev–Trinajstić information content (AvgIpc) is 3.00. The van der Waals surface area contributed by atoms with Crippen LogP contribution in [0, 0.1) is 0 Å². The van der Waals surface area contributed by atoms with Gasteiger partial charge in [0, 0.05) is 18.4 Å². The number of amides is 1. The smallest absolute Gasteiger partial charge is 0.436 e. The third-order valence-electron chi connectivity index (χ3n) is 5.35. The lowest BCUT2D eigenvalue weighted by atomic mass is 9.95. The number of nitrogens with one attached hydrogen (secondary N) is 1. The van der Waals surface area contributed by atoms with Crippen LogP contribution in [0.3, 0.4) is 0 Å². The second kappa shape index (κ2) is 8.93. The summed E-state index contributed by atoms with van der Waals surface area (Å²) < 4.78 is 11.0. The fraction of sp³-hybridized carbons (Fsp3) is 0.882. The summed E-state index contributed by atoms with van der Waals surface area (Å²) >= 11 is 0. The van der Waals surface area contributed by atoms with Gasteiger partial charge < -0.3 is 14.3 Å². The van der Waals surface area contributed by atoms with Gasteiger partial charge in [0.15, 0.2) is 6.54 Å². The van der Waals surface area contributed by atoms with E-state index in [1.165, 1.54) is 32.1 Å². The minimum Gasteiger partial charge on any atom is -0.448 e. The first-order chi connectivity index (χ1) is 12.2. The van der Waals surface area contributed by atoms with E-state index in [0.717, 1.165) is 39.1 Å². The number of hydrogen-bond donors (Lipinski definition) is 1. The monoisotopic (exact) mass is 355 g/mol. The number of rotatable bonds is 3. The molecule has 1 aliphatic carbocycles. The first-order valence-electron chi connectivity index (χ1n) is 9.64. The van der Waals surface area contributed by atoms with E-state index in [9.17, 15) is 4.79 Å². The summed E-state index contributed by atoms with van der Waals surface area (Å²) in [7, 11) is 0. The number of quaternary nitrogens is 1. The number of ether oxygens (including phenoxy) is 2. The van der Waals surface area contributed by atoms with Gasteiger partial charge in [-0.25, -0.2) is 4.79 Å². The summed E-state index contributed by atoms with van der Waals surface area (Å²) in [5.74, 6) is 0.409. The molecule has 25 heavy (non-hydrogen) atoms. The van der Waals surface area contributed by atoms with Gasteiger partial charge in [-0.1, -0.05) is 19.3 Å². The van der Waals surface area contributed by atoms with Gasteiger partial charge in [0.25, 0.3) is 5.90 Å². The van der Waals surface area contributed by atoms with Crippen LogP contribution in [0.5, 0.6) is 0 Å². The maximum absolute atomic E-state index is 11.7. The zero-order valence-electron chi connectivity index (χ0n) is 15.2. The summed E-state index contributed by atoms with van der Waals surface area (Å²) in [4.78, 5) is 21.3. The molecule has 0 radical (unpaired) electrons. The summed E-state index contributed by atoms with van der Waals surface area (Å²) in [5.41, 5.74) is 3.22. The molecule has 142 valence electrons. The first-order valence-corrected chi connectivity index (χ1v) is 9.64. The van der Waals surface area contributed by atoms with E-state index in [4.69, 9.17) is 14.3 Å². The molecule has 0 aromatic rings.